The van der Waals surface area contributed by atoms with Crippen molar-refractivity contribution in [2.75, 3.05) is 6.61 Å². The lowest BCUT2D eigenvalue weighted by molar-refractivity contribution is 0.0458. The average Bonchev–Trinajstić information content (AvgIpc) is 2.51. The Bertz CT molecular complexity index is 442. The minimum absolute atomic E-state index is 0.112. The van der Waals surface area contributed by atoms with E-state index in [-0.39, 0.29) is 6.61 Å². The molecule has 116 valence electrons. The Balaban J connectivity index is 2.42. The van der Waals surface area contributed by atoms with Gasteiger partial charge in [0.25, 0.3) is 0 Å². The Morgan fingerprint density at radius 3 is 2.76 bits per heavy atom. The van der Waals surface area contributed by atoms with E-state index in [1.54, 1.807) is 0 Å². The summed E-state index contributed by atoms with van der Waals surface area (Å²) in [7, 11) is 0. The highest BCUT2D eigenvalue weighted by molar-refractivity contribution is 5.40. The fraction of sp³-hybridized carbons (Fsp3) is 0.579. The van der Waals surface area contributed by atoms with Crippen LogP contribution in [0.15, 0.2) is 24.3 Å². The molecule has 1 aromatic rings. The van der Waals surface area contributed by atoms with Crippen LogP contribution in [0.2, 0.25) is 0 Å². The van der Waals surface area contributed by atoms with Crippen LogP contribution in [0.5, 0.6) is 0 Å². The molecule has 2 nitrogen and oxygen atoms in total. The van der Waals surface area contributed by atoms with Gasteiger partial charge in [-0.15, -0.1) is 0 Å². The first-order chi connectivity index (χ1) is 10.3. The summed E-state index contributed by atoms with van der Waals surface area (Å²) in [6.07, 6.45) is 7.06. The maximum absolute atomic E-state index is 8.78. The number of benzene rings is 1. The second kappa shape index (κ2) is 11.4. The van der Waals surface area contributed by atoms with Gasteiger partial charge in [-0.2, -0.15) is 0 Å². The van der Waals surface area contributed by atoms with Crippen LogP contribution in [0.1, 0.15) is 63.5 Å². The molecule has 0 heterocycles. The first-order valence-corrected chi connectivity index (χ1v) is 8.07. The van der Waals surface area contributed by atoms with E-state index in [9.17, 15) is 0 Å². The van der Waals surface area contributed by atoms with Gasteiger partial charge in [-0.25, -0.2) is 0 Å². The molecule has 1 unspecified atom stereocenters. The molecule has 0 saturated heterocycles. The number of ether oxygens (including phenoxy) is 1. The fourth-order valence-electron chi connectivity index (χ4n) is 2.16. The number of aliphatic hydroxyl groups is 1. The Labute approximate surface area is 129 Å². The Morgan fingerprint density at radius 2 is 2.00 bits per heavy atom. The largest absolute Gasteiger partial charge is 0.395 e. The maximum atomic E-state index is 8.78. The van der Waals surface area contributed by atoms with Crippen LogP contribution in [0, 0.1) is 11.8 Å². The number of rotatable bonds is 9. The van der Waals surface area contributed by atoms with Gasteiger partial charge in [0.2, 0.25) is 0 Å². The lowest BCUT2D eigenvalue weighted by Crippen LogP contribution is -2.08. The number of hydrogen-bond acceptors (Lipinski definition) is 2. The second-order valence-corrected chi connectivity index (χ2v) is 5.40. The zero-order valence-corrected chi connectivity index (χ0v) is 13.4. The Morgan fingerprint density at radius 1 is 1.19 bits per heavy atom. The van der Waals surface area contributed by atoms with E-state index in [0.29, 0.717) is 19.1 Å². The molecule has 0 aliphatic carbocycles. The summed E-state index contributed by atoms with van der Waals surface area (Å²) < 4.78 is 5.94. The average molecular weight is 288 g/mol. The van der Waals surface area contributed by atoms with E-state index in [4.69, 9.17) is 9.84 Å². The van der Waals surface area contributed by atoms with Crippen molar-refractivity contribution in [2.24, 2.45) is 0 Å². The second-order valence-electron chi connectivity index (χ2n) is 5.40. The normalized spacial score (nSPS) is 11.8. The maximum Gasteiger partial charge on any atom is 0.0732 e. The molecule has 21 heavy (non-hydrogen) atoms. The molecular formula is C19H28O2. The summed E-state index contributed by atoms with van der Waals surface area (Å²) in [5.74, 6) is 6.08. The Hall–Kier alpha value is -1.30. The van der Waals surface area contributed by atoms with Crippen molar-refractivity contribution in [2.45, 2.75) is 65.1 Å². The number of hydrogen-bond donors (Lipinski definition) is 1. The fourth-order valence-corrected chi connectivity index (χ4v) is 2.16. The minimum atomic E-state index is 0.112. The highest BCUT2D eigenvalue weighted by Crippen LogP contribution is 2.13. The van der Waals surface area contributed by atoms with Crippen LogP contribution < -0.4 is 0 Å². The smallest absolute Gasteiger partial charge is 0.0732 e. The molecule has 2 heteroatoms. The summed E-state index contributed by atoms with van der Waals surface area (Å²) in [6.45, 7) is 5.10. The predicted octanol–water partition coefficient (Wildman–Crippen LogP) is 4.30. The van der Waals surface area contributed by atoms with E-state index in [1.165, 1.54) is 25.7 Å². The van der Waals surface area contributed by atoms with Crippen molar-refractivity contribution >= 4 is 0 Å². The van der Waals surface area contributed by atoms with Gasteiger partial charge in [0, 0.05) is 12.0 Å². The van der Waals surface area contributed by atoms with Crippen LogP contribution in [0.25, 0.3) is 0 Å². The molecule has 0 radical (unpaired) electrons. The van der Waals surface area contributed by atoms with Crippen molar-refractivity contribution in [1.29, 1.82) is 0 Å². The van der Waals surface area contributed by atoms with E-state index in [2.05, 4.69) is 31.8 Å². The lowest BCUT2D eigenvalue weighted by Gasteiger charge is -2.13. The third-order valence-corrected chi connectivity index (χ3v) is 3.46. The number of unbranched alkanes of at least 4 members (excludes halogenated alkanes) is 3. The summed E-state index contributed by atoms with van der Waals surface area (Å²) in [4.78, 5) is 0. The third kappa shape index (κ3) is 7.90. The molecule has 0 aliphatic heterocycles. The zero-order valence-electron chi connectivity index (χ0n) is 13.4. The van der Waals surface area contributed by atoms with E-state index in [1.807, 2.05) is 18.2 Å². The van der Waals surface area contributed by atoms with Gasteiger partial charge in [-0.1, -0.05) is 62.6 Å². The summed E-state index contributed by atoms with van der Waals surface area (Å²) in [6, 6.07) is 8.07. The molecule has 0 saturated carbocycles. The molecule has 1 aromatic carbocycles. The van der Waals surface area contributed by atoms with Crippen LogP contribution in [-0.2, 0) is 11.3 Å². The van der Waals surface area contributed by atoms with Crippen molar-refractivity contribution in [3.63, 3.8) is 0 Å². The minimum Gasteiger partial charge on any atom is -0.395 e. The molecule has 0 amide bonds. The highest BCUT2D eigenvalue weighted by Gasteiger charge is 2.05. The van der Waals surface area contributed by atoms with Gasteiger partial charge in [-0.3, -0.25) is 0 Å². The van der Waals surface area contributed by atoms with Gasteiger partial charge in [0.05, 0.1) is 19.3 Å². The molecule has 1 atom stereocenters. The van der Waals surface area contributed by atoms with Crippen molar-refractivity contribution in [3.05, 3.63) is 35.4 Å². The quantitative estimate of drug-likeness (QED) is 0.542. The van der Waals surface area contributed by atoms with Gasteiger partial charge >= 0.3 is 0 Å². The summed E-state index contributed by atoms with van der Waals surface area (Å²) >= 11 is 0. The molecule has 1 N–H and O–H groups in total. The highest BCUT2D eigenvalue weighted by atomic mass is 16.5. The Kier molecular flexibility index (Phi) is 9.61. The molecule has 0 aliphatic rings. The summed E-state index contributed by atoms with van der Waals surface area (Å²) in [5, 5.41) is 8.78. The van der Waals surface area contributed by atoms with Gasteiger partial charge in [-0.05, 0) is 25.0 Å². The molecule has 0 spiro atoms. The topological polar surface area (TPSA) is 29.5 Å². The molecule has 0 aromatic heterocycles. The number of aliphatic hydroxyl groups excluding tert-OH is 1. The predicted molar refractivity (Wildman–Crippen MR) is 88.0 cm³/mol. The van der Waals surface area contributed by atoms with E-state index >= 15 is 0 Å². The van der Waals surface area contributed by atoms with Gasteiger partial charge < -0.3 is 9.84 Å². The molecule has 0 fully saturated rings. The van der Waals surface area contributed by atoms with E-state index < -0.39 is 0 Å². The monoisotopic (exact) mass is 288 g/mol. The van der Waals surface area contributed by atoms with Crippen molar-refractivity contribution in [1.82, 2.24) is 0 Å². The van der Waals surface area contributed by atoms with Crippen molar-refractivity contribution in [3.8, 4) is 11.8 Å². The molecular weight excluding hydrogens is 260 g/mol. The first-order valence-electron chi connectivity index (χ1n) is 8.07. The SMILES string of the molecule is CCCCCCC(C)OCc1ccccc1C#CCCO. The van der Waals surface area contributed by atoms with Crippen LogP contribution >= 0.6 is 0 Å². The van der Waals surface area contributed by atoms with Crippen LogP contribution in [0.4, 0.5) is 0 Å². The third-order valence-electron chi connectivity index (χ3n) is 3.46. The van der Waals surface area contributed by atoms with Crippen LogP contribution in [-0.4, -0.2) is 17.8 Å². The van der Waals surface area contributed by atoms with E-state index in [0.717, 1.165) is 17.5 Å². The van der Waals surface area contributed by atoms with Crippen LogP contribution in [0.3, 0.4) is 0 Å². The van der Waals surface area contributed by atoms with Gasteiger partial charge in [0.15, 0.2) is 0 Å². The molecule has 1 rings (SSSR count). The lowest BCUT2D eigenvalue weighted by atomic mass is 10.1. The first kappa shape index (κ1) is 17.8. The zero-order chi connectivity index (χ0) is 15.3. The standard InChI is InChI=1S/C19H28O2/c1-3-4-5-6-11-17(2)21-16-19-14-8-7-12-18(19)13-9-10-15-20/h7-8,12,14,17,20H,3-6,10-11,15-16H2,1-2H3. The van der Waals surface area contributed by atoms with Crippen molar-refractivity contribution < 1.29 is 9.84 Å². The summed E-state index contributed by atoms with van der Waals surface area (Å²) in [5.41, 5.74) is 2.13. The van der Waals surface area contributed by atoms with Gasteiger partial charge in [0.1, 0.15) is 0 Å². The molecule has 0 bridgehead atoms.